The number of amides is 2. The number of hydrogen-bond donors (Lipinski definition) is 3. The third-order valence-corrected chi connectivity index (χ3v) is 3.77. The minimum Gasteiger partial charge on any atom is -0.355 e. The third kappa shape index (κ3) is 4.91. The van der Waals surface area contributed by atoms with E-state index in [9.17, 15) is 14.4 Å². The van der Waals surface area contributed by atoms with E-state index < -0.39 is 0 Å². The van der Waals surface area contributed by atoms with Crippen LogP contribution in [0, 0.1) is 0 Å². The Morgan fingerprint density at radius 3 is 2.44 bits per heavy atom. The molecule has 0 saturated carbocycles. The first-order valence-corrected chi connectivity index (χ1v) is 8.41. The molecule has 2 amide bonds. The normalized spacial score (nSPS) is 10.4. The van der Waals surface area contributed by atoms with Crippen LogP contribution in [0.1, 0.15) is 27.3 Å². The average molecular weight is 366 g/mol. The van der Waals surface area contributed by atoms with Gasteiger partial charge in [0.15, 0.2) is 11.5 Å². The van der Waals surface area contributed by atoms with E-state index in [-0.39, 0.29) is 23.1 Å². The standard InChI is InChI=1S/C19H18N4O4/c24-17-8-7-14(12-22-17)18(25)20-9-4-10-21-19(26)15-11-16(27-23-15)13-5-2-1-3-6-13/h1-3,5-8,11-12H,4,9-10H2,(H,20,25)(H,21,26)(H,22,24). The lowest BCUT2D eigenvalue weighted by Crippen LogP contribution is -2.30. The van der Waals surface area contributed by atoms with Crippen LogP contribution < -0.4 is 16.2 Å². The molecule has 0 aliphatic heterocycles. The molecule has 0 radical (unpaired) electrons. The highest BCUT2D eigenvalue weighted by Gasteiger charge is 2.13. The van der Waals surface area contributed by atoms with Crippen LogP contribution in [0.4, 0.5) is 0 Å². The van der Waals surface area contributed by atoms with Gasteiger partial charge in [-0.15, -0.1) is 0 Å². The van der Waals surface area contributed by atoms with E-state index in [0.29, 0.717) is 30.8 Å². The second kappa shape index (κ2) is 8.61. The fraction of sp³-hybridized carbons (Fsp3) is 0.158. The van der Waals surface area contributed by atoms with Crippen molar-refractivity contribution in [2.45, 2.75) is 6.42 Å². The van der Waals surface area contributed by atoms with Gasteiger partial charge >= 0.3 is 0 Å². The van der Waals surface area contributed by atoms with E-state index in [1.165, 1.54) is 18.3 Å². The van der Waals surface area contributed by atoms with E-state index in [0.717, 1.165) is 5.56 Å². The van der Waals surface area contributed by atoms with Crippen LogP contribution in [0.5, 0.6) is 0 Å². The summed E-state index contributed by atoms with van der Waals surface area (Å²) in [6.07, 6.45) is 1.90. The fourth-order valence-corrected chi connectivity index (χ4v) is 2.36. The van der Waals surface area contributed by atoms with E-state index in [1.54, 1.807) is 6.07 Å². The van der Waals surface area contributed by atoms with Gasteiger partial charge in [0.25, 0.3) is 11.8 Å². The minimum absolute atomic E-state index is 0.200. The molecule has 3 N–H and O–H groups in total. The summed E-state index contributed by atoms with van der Waals surface area (Å²) in [5.74, 6) is -0.108. The maximum absolute atomic E-state index is 12.1. The molecule has 0 fully saturated rings. The van der Waals surface area contributed by atoms with Gasteiger partial charge in [0.05, 0.1) is 5.56 Å². The Morgan fingerprint density at radius 2 is 1.74 bits per heavy atom. The van der Waals surface area contributed by atoms with Crippen molar-refractivity contribution in [1.82, 2.24) is 20.8 Å². The summed E-state index contributed by atoms with van der Waals surface area (Å²) in [5.41, 5.74) is 1.15. The van der Waals surface area contributed by atoms with Crippen molar-refractivity contribution in [2.75, 3.05) is 13.1 Å². The lowest BCUT2D eigenvalue weighted by atomic mass is 10.1. The average Bonchev–Trinajstić information content (AvgIpc) is 3.19. The summed E-state index contributed by atoms with van der Waals surface area (Å²) >= 11 is 0. The van der Waals surface area contributed by atoms with Crippen molar-refractivity contribution in [3.05, 3.63) is 76.3 Å². The highest BCUT2D eigenvalue weighted by Crippen LogP contribution is 2.19. The van der Waals surface area contributed by atoms with Crippen LogP contribution in [-0.4, -0.2) is 35.0 Å². The van der Waals surface area contributed by atoms with Gasteiger partial charge in [-0.1, -0.05) is 35.5 Å². The maximum atomic E-state index is 12.1. The Balaban J connectivity index is 1.41. The van der Waals surface area contributed by atoms with Crippen molar-refractivity contribution in [2.24, 2.45) is 0 Å². The number of aromatic nitrogens is 2. The lowest BCUT2D eigenvalue weighted by molar-refractivity contribution is 0.0944. The van der Waals surface area contributed by atoms with Gasteiger partial charge in [-0.3, -0.25) is 14.4 Å². The van der Waals surface area contributed by atoms with Crippen molar-refractivity contribution in [3.8, 4) is 11.3 Å². The molecule has 0 bridgehead atoms. The number of carbonyl (C=O) groups excluding carboxylic acids is 2. The molecule has 0 aliphatic rings. The predicted molar refractivity (Wildman–Crippen MR) is 98.3 cm³/mol. The number of rotatable bonds is 7. The SMILES string of the molecule is O=C(NCCCNC(=O)c1cc(-c2ccccc2)on1)c1ccc(=O)[nH]c1. The molecule has 3 aromatic rings. The Kier molecular flexibility index (Phi) is 5.78. The summed E-state index contributed by atoms with van der Waals surface area (Å²) in [5, 5.41) is 9.22. The number of pyridine rings is 1. The van der Waals surface area contributed by atoms with Crippen molar-refractivity contribution in [1.29, 1.82) is 0 Å². The number of carbonyl (C=O) groups is 2. The van der Waals surface area contributed by atoms with Crippen LogP contribution in [0.15, 0.2) is 64.0 Å². The number of nitrogens with one attached hydrogen (secondary N) is 3. The number of hydrogen-bond acceptors (Lipinski definition) is 5. The Hall–Kier alpha value is -3.68. The largest absolute Gasteiger partial charge is 0.355 e. The van der Waals surface area contributed by atoms with E-state index in [1.807, 2.05) is 30.3 Å². The van der Waals surface area contributed by atoms with Gasteiger partial charge < -0.3 is 20.1 Å². The molecular weight excluding hydrogens is 348 g/mol. The van der Waals surface area contributed by atoms with E-state index in [2.05, 4.69) is 20.8 Å². The molecule has 2 heterocycles. The molecule has 8 nitrogen and oxygen atoms in total. The minimum atomic E-state index is -0.340. The summed E-state index contributed by atoms with van der Waals surface area (Å²) < 4.78 is 5.20. The highest BCUT2D eigenvalue weighted by molar-refractivity contribution is 5.94. The van der Waals surface area contributed by atoms with Crippen LogP contribution in [0.3, 0.4) is 0 Å². The van der Waals surface area contributed by atoms with Crippen LogP contribution in [0.25, 0.3) is 11.3 Å². The second-order valence-corrected chi connectivity index (χ2v) is 5.75. The van der Waals surface area contributed by atoms with Crippen LogP contribution >= 0.6 is 0 Å². The Bertz CT molecular complexity index is 958. The molecule has 0 atom stereocenters. The number of aromatic amines is 1. The van der Waals surface area contributed by atoms with Crippen LogP contribution in [0.2, 0.25) is 0 Å². The fourth-order valence-electron chi connectivity index (χ4n) is 2.36. The molecule has 27 heavy (non-hydrogen) atoms. The topological polar surface area (TPSA) is 117 Å². The van der Waals surface area contributed by atoms with Crippen molar-refractivity contribution in [3.63, 3.8) is 0 Å². The zero-order valence-electron chi connectivity index (χ0n) is 14.4. The van der Waals surface area contributed by atoms with Gasteiger partial charge in [0, 0.05) is 37.0 Å². The second-order valence-electron chi connectivity index (χ2n) is 5.75. The smallest absolute Gasteiger partial charge is 0.273 e. The summed E-state index contributed by atoms with van der Waals surface area (Å²) in [7, 11) is 0. The third-order valence-electron chi connectivity index (χ3n) is 3.77. The number of nitrogens with zero attached hydrogens (tertiary/aromatic N) is 1. The van der Waals surface area contributed by atoms with Crippen molar-refractivity contribution < 1.29 is 14.1 Å². The monoisotopic (exact) mass is 366 g/mol. The highest BCUT2D eigenvalue weighted by atomic mass is 16.5. The maximum Gasteiger partial charge on any atom is 0.273 e. The summed E-state index contributed by atoms with van der Waals surface area (Å²) in [6.45, 7) is 0.755. The Morgan fingerprint density at radius 1 is 1.00 bits per heavy atom. The molecule has 0 aliphatic carbocycles. The van der Waals surface area contributed by atoms with E-state index >= 15 is 0 Å². The number of benzene rings is 1. The molecular formula is C19H18N4O4. The molecule has 0 unspecified atom stereocenters. The summed E-state index contributed by atoms with van der Waals surface area (Å²) in [4.78, 5) is 37.4. The zero-order chi connectivity index (χ0) is 19.1. The Labute approximate surface area is 154 Å². The molecule has 3 rings (SSSR count). The summed E-state index contributed by atoms with van der Waals surface area (Å²) in [6, 6.07) is 13.7. The van der Waals surface area contributed by atoms with Crippen molar-refractivity contribution >= 4 is 11.8 Å². The van der Waals surface area contributed by atoms with Gasteiger partial charge in [-0.2, -0.15) is 0 Å². The quantitative estimate of drug-likeness (QED) is 0.549. The molecule has 2 aromatic heterocycles. The molecule has 1 aromatic carbocycles. The number of H-pyrrole nitrogens is 1. The molecule has 138 valence electrons. The zero-order valence-corrected chi connectivity index (χ0v) is 14.4. The van der Waals surface area contributed by atoms with Gasteiger partial charge in [-0.25, -0.2) is 0 Å². The first-order valence-electron chi connectivity index (χ1n) is 8.41. The predicted octanol–water partition coefficient (Wildman–Crippen LogP) is 1.58. The lowest BCUT2D eigenvalue weighted by Gasteiger charge is -2.05. The first kappa shape index (κ1) is 18.1. The molecule has 0 spiro atoms. The van der Waals surface area contributed by atoms with Crippen LogP contribution in [-0.2, 0) is 0 Å². The van der Waals surface area contributed by atoms with Gasteiger partial charge in [0.2, 0.25) is 5.56 Å². The van der Waals surface area contributed by atoms with Gasteiger partial charge in [-0.05, 0) is 12.5 Å². The van der Waals surface area contributed by atoms with Gasteiger partial charge in [0.1, 0.15) is 0 Å². The van der Waals surface area contributed by atoms with E-state index in [4.69, 9.17) is 4.52 Å². The molecule has 0 saturated heterocycles. The first-order chi connectivity index (χ1) is 13.1. The molecule has 8 heteroatoms.